The van der Waals surface area contributed by atoms with Gasteiger partial charge in [0, 0.05) is 17.2 Å². The molecule has 5 nitrogen and oxygen atoms in total. The second kappa shape index (κ2) is 6.36. The Kier molecular flexibility index (Phi) is 4.15. The monoisotopic (exact) mass is 410 g/mol. The van der Waals surface area contributed by atoms with Crippen LogP contribution in [-0.4, -0.2) is 20.7 Å². The number of nitrogens with one attached hydrogen (secondary N) is 1. The van der Waals surface area contributed by atoms with E-state index >= 15 is 0 Å². The Morgan fingerprint density at radius 1 is 1.19 bits per heavy atom. The molecule has 0 atom stereocenters. The maximum atomic E-state index is 13.1. The number of rotatable bonds is 4. The lowest BCUT2D eigenvalue weighted by molar-refractivity contribution is 0.0922. The number of hydrogen-bond donors (Lipinski definition) is 1. The summed E-state index contributed by atoms with van der Waals surface area (Å²) in [6, 6.07) is 13.9. The van der Waals surface area contributed by atoms with E-state index in [1.54, 1.807) is 17.9 Å². The van der Waals surface area contributed by atoms with Crippen molar-refractivity contribution in [2.75, 3.05) is 0 Å². The van der Waals surface area contributed by atoms with E-state index in [0.717, 1.165) is 39.8 Å². The first-order valence-corrected chi connectivity index (χ1v) is 9.32. The highest BCUT2D eigenvalue weighted by Gasteiger charge is 2.46. The number of carbonyl (C=O) groups excluding carboxylic acids is 1. The van der Waals surface area contributed by atoms with Gasteiger partial charge < -0.3 is 5.32 Å². The van der Waals surface area contributed by atoms with Crippen LogP contribution >= 0.6 is 15.9 Å². The lowest BCUT2D eigenvalue weighted by atomic mass is 10.0. The number of aryl methyl sites for hydroxylation is 2. The van der Waals surface area contributed by atoms with Crippen LogP contribution in [0.3, 0.4) is 0 Å². The molecule has 3 aromatic rings. The summed E-state index contributed by atoms with van der Waals surface area (Å²) in [5, 5.41) is 7.52. The van der Waals surface area contributed by atoms with E-state index < -0.39 is 0 Å². The molecule has 0 bridgehead atoms. The molecule has 0 aliphatic heterocycles. The normalized spacial score (nSPS) is 14.9. The molecule has 132 valence electrons. The highest BCUT2D eigenvalue weighted by molar-refractivity contribution is 9.10. The number of nitrogens with zero attached hydrogens (tertiary/aromatic N) is 3. The summed E-state index contributed by atoms with van der Waals surface area (Å²) in [6.07, 6.45) is 3.59. The molecule has 1 aliphatic carbocycles. The third kappa shape index (κ3) is 3.05. The summed E-state index contributed by atoms with van der Waals surface area (Å²) in [6.45, 7) is 1.94. The summed E-state index contributed by atoms with van der Waals surface area (Å²) in [7, 11) is 1.79. The minimum absolute atomic E-state index is 0.122. The van der Waals surface area contributed by atoms with Crippen LogP contribution in [0.25, 0.3) is 11.3 Å². The first-order valence-electron chi connectivity index (χ1n) is 8.53. The van der Waals surface area contributed by atoms with Crippen LogP contribution in [0.5, 0.6) is 0 Å². The summed E-state index contributed by atoms with van der Waals surface area (Å²) in [5.74, 6) is -0.122. The van der Waals surface area contributed by atoms with Crippen LogP contribution < -0.4 is 5.32 Å². The second-order valence-corrected chi connectivity index (χ2v) is 7.65. The van der Waals surface area contributed by atoms with Gasteiger partial charge in [-0.1, -0.05) is 34.1 Å². The van der Waals surface area contributed by atoms with Crippen molar-refractivity contribution in [3.05, 3.63) is 70.1 Å². The zero-order chi connectivity index (χ0) is 18.3. The van der Waals surface area contributed by atoms with Crippen molar-refractivity contribution in [1.29, 1.82) is 0 Å². The molecule has 6 heteroatoms. The second-order valence-electron chi connectivity index (χ2n) is 6.74. The maximum absolute atomic E-state index is 13.1. The van der Waals surface area contributed by atoms with E-state index in [1.165, 1.54) is 0 Å². The van der Waals surface area contributed by atoms with Gasteiger partial charge in [-0.05, 0) is 49.6 Å². The average molecular weight is 411 g/mol. The fourth-order valence-corrected chi connectivity index (χ4v) is 3.51. The Bertz CT molecular complexity index is 974. The van der Waals surface area contributed by atoms with Crippen LogP contribution in [0, 0.1) is 6.92 Å². The molecule has 2 heterocycles. The van der Waals surface area contributed by atoms with Crippen LogP contribution in [-0.2, 0) is 12.6 Å². The largest absolute Gasteiger partial charge is 0.341 e. The van der Waals surface area contributed by atoms with Crippen molar-refractivity contribution in [2.24, 2.45) is 7.05 Å². The van der Waals surface area contributed by atoms with Crippen molar-refractivity contribution in [2.45, 2.75) is 25.3 Å². The van der Waals surface area contributed by atoms with E-state index in [-0.39, 0.29) is 11.4 Å². The molecule has 1 amide bonds. The van der Waals surface area contributed by atoms with E-state index in [0.29, 0.717) is 5.69 Å². The smallest absolute Gasteiger partial charge is 0.270 e. The van der Waals surface area contributed by atoms with Gasteiger partial charge in [0.1, 0.15) is 5.69 Å². The van der Waals surface area contributed by atoms with Crippen LogP contribution in [0.1, 0.15) is 34.6 Å². The van der Waals surface area contributed by atoms with Crippen LogP contribution in [0.2, 0.25) is 0 Å². The lowest BCUT2D eigenvalue weighted by Crippen LogP contribution is -2.36. The predicted octanol–water partition coefficient (Wildman–Crippen LogP) is 3.97. The number of pyridine rings is 1. The summed E-state index contributed by atoms with van der Waals surface area (Å²) in [4.78, 5) is 17.6. The first kappa shape index (κ1) is 17.0. The molecule has 1 fully saturated rings. The Morgan fingerprint density at radius 2 is 1.92 bits per heavy atom. The van der Waals surface area contributed by atoms with Crippen molar-refractivity contribution in [1.82, 2.24) is 20.1 Å². The quantitative estimate of drug-likeness (QED) is 0.707. The van der Waals surface area contributed by atoms with Crippen LogP contribution in [0.15, 0.2) is 53.1 Å². The summed E-state index contributed by atoms with van der Waals surface area (Å²) < 4.78 is 2.65. The van der Waals surface area contributed by atoms with Gasteiger partial charge in [-0.2, -0.15) is 5.10 Å². The molecule has 2 aromatic heterocycles. The molecule has 1 aliphatic rings. The zero-order valence-electron chi connectivity index (χ0n) is 14.7. The highest BCUT2D eigenvalue weighted by atomic mass is 79.9. The number of halogens is 1. The lowest BCUT2D eigenvalue weighted by Gasteiger charge is -2.19. The van der Waals surface area contributed by atoms with Gasteiger partial charge in [-0.3, -0.25) is 14.5 Å². The third-order valence-corrected chi connectivity index (χ3v) is 5.35. The summed E-state index contributed by atoms with van der Waals surface area (Å²) >= 11 is 3.46. The molecule has 0 spiro atoms. The Labute approximate surface area is 160 Å². The maximum Gasteiger partial charge on any atom is 0.270 e. The number of aromatic nitrogens is 3. The molecule has 0 radical (unpaired) electrons. The van der Waals surface area contributed by atoms with Gasteiger partial charge in [0.15, 0.2) is 0 Å². The highest BCUT2D eigenvalue weighted by Crippen LogP contribution is 2.46. The molecule has 4 rings (SSSR count). The summed E-state index contributed by atoms with van der Waals surface area (Å²) in [5.41, 5.74) is 3.81. The van der Waals surface area contributed by atoms with Gasteiger partial charge in [0.05, 0.1) is 23.0 Å². The average Bonchev–Trinajstić information content (AvgIpc) is 3.28. The molecular formula is C20H19BrN4O. The van der Waals surface area contributed by atoms with Gasteiger partial charge in [-0.25, -0.2) is 0 Å². The van der Waals surface area contributed by atoms with Crippen LogP contribution in [0.4, 0.5) is 0 Å². The van der Waals surface area contributed by atoms with Gasteiger partial charge in [0.2, 0.25) is 0 Å². The van der Waals surface area contributed by atoms with Gasteiger partial charge in [-0.15, -0.1) is 0 Å². The Morgan fingerprint density at radius 3 is 2.58 bits per heavy atom. The standard InChI is InChI=1S/C20H19BrN4O/c1-13-4-3-5-17(23-13)16-12-22-25(2)18(16)19(26)24-20(10-11-20)14-6-8-15(21)9-7-14/h3-9,12H,10-11H2,1-2H3,(H,24,26). The fraction of sp³-hybridized carbons (Fsp3) is 0.250. The minimum Gasteiger partial charge on any atom is -0.341 e. The van der Waals surface area contributed by atoms with Gasteiger partial charge >= 0.3 is 0 Å². The van der Waals surface area contributed by atoms with E-state index in [9.17, 15) is 4.79 Å². The molecule has 0 unspecified atom stereocenters. The third-order valence-electron chi connectivity index (χ3n) is 4.82. The Hall–Kier alpha value is -2.47. The molecule has 0 saturated heterocycles. The number of hydrogen-bond acceptors (Lipinski definition) is 3. The topological polar surface area (TPSA) is 59.8 Å². The number of benzene rings is 1. The minimum atomic E-state index is -0.278. The van der Waals surface area contributed by atoms with Gasteiger partial charge in [0.25, 0.3) is 5.91 Å². The van der Waals surface area contributed by atoms with Crippen molar-refractivity contribution in [3.8, 4) is 11.3 Å². The van der Waals surface area contributed by atoms with E-state index in [4.69, 9.17) is 0 Å². The fourth-order valence-electron chi connectivity index (χ4n) is 3.24. The molecule has 1 N–H and O–H groups in total. The predicted molar refractivity (Wildman–Crippen MR) is 104 cm³/mol. The number of carbonyl (C=O) groups is 1. The van der Waals surface area contributed by atoms with Crippen molar-refractivity contribution >= 4 is 21.8 Å². The molecule has 26 heavy (non-hydrogen) atoms. The Balaban J connectivity index is 1.65. The van der Waals surface area contributed by atoms with Crippen molar-refractivity contribution in [3.63, 3.8) is 0 Å². The first-order chi connectivity index (χ1) is 12.5. The van der Waals surface area contributed by atoms with Crippen molar-refractivity contribution < 1.29 is 4.79 Å². The SMILES string of the molecule is Cc1cccc(-c2cnn(C)c2C(=O)NC2(c3ccc(Br)cc3)CC2)n1. The van der Waals surface area contributed by atoms with E-state index in [2.05, 4.69) is 43.5 Å². The molecule has 1 saturated carbocycles. The zero-order valence-corrected chi connectivity index (χ0v) is 16.2. The molecular weight excluding hydrogens is 392 g/mol. The number of amides is 1. The molecule has 1 aromatic carbocycles. The van der Waals surface area contributed by atoms with E-state index in [1.807, 2.05) is 37.3 Å².